The maximum atomic E-state index is 12.3. The Kier molecular flexibility index (Phi) is 6.42. The number of nitrogens with zero attached hydrogens (tertiary/aromatic N) is 1. The Labute approximate surface area is 152 Å². The topological polar surface area (TPSA) is 55.8 Å². The van der Waals surface area contributed by atoms with Gasteiger partial charge in [-0.3, -0.25) is 4.79 Å². The summed E-state index contributed by atoms with van der Waals surface area (Å²) in [5, 5.41) is 0.623. The molecule has 0 saturated heterocycles. The first-order valence-electron chi connectivity index (χ1n) is 7.79. The number of benzene rings is 2. The quantitative estimate of drug-likeness (QED) is 0.737. The van der Waals surface area contributed by atoms with Crippen LogP contribution in [0.25, 0.3) is 0 Å². The molecule has 0 unspecified atom stereocenters. The average molecular weight is 362 g/mol. The summed E-state index contributed by atoms with van der Waals surface area (Å²) in [5.74, 6) is -0.420. The Hall–Kier alpha value is -2.53. The van der Waals surface area contributed by atoms with E-state index in [4.69, 9.17) is 21.1 Å². The molecule has 0 bridgehead atoms. The van der Waals surface area contributed by atoms with Gasteiger partial charge in [-0.1, -0.05) is 29.8 Å². The lowest BCUT2D eigenvalue weighted by Crippen LogP contribution is -2.38. The number of para-hydroxylation sites is 1. The maximum absolute atomic E-state index is 12.3. The lowest BCUT2D eigenvalue weighted by atomic mass is 10.2. The van der Waals surface area contributed by atoms with E-state index >= 15 is 0 Å². The number of anilines is 1. The predicted octanol–water partition coefficient (Wildman–Crippen LogP) is 3.62. The highest BCUT2D eigenvalue weighted by molar-refractivity contribution is 6.31. The second kappa shape index (κ2) is 8.53. The molecule has 0 N–H and O–H groups in total. The molecule has 0 aliphatic rings. The first-order valence-corrected chi connectivity index (χ1v) is 8.17. The summed E-state index contributed by atoms with van der Waals surface area (Å²) >= 11 is 5.94. The van der Waals surface area contributed by atoms with Crippen molar-refractivity contribution in [1.82, 2.24) is 0 Å². The van der Waals surface area contributed by atoms with Crippen LogP contribution in [0.3, 0.4) is 0 Å². The van der Waals surface area contributed by atoms with Crippen LogP contribution in [0, 0.1) is 6.92 Å². The van der Waals surface area contributed by atoms with Crippen LogP contribution in [0.2, 0.25) is 5.02 Å². The Morgan fingerprint density at radius 2 is 1.84 bits per heavy atom. The Bertz CT molecular complexity index is 748. The van der Waals surface area contributed by atoms with E-state index in [9.17, 15) is 9.59 Å². The van der Waals surface area contributed by atoms with Crippen molar-refractivity contribution in [3.63, 3.8) is 0 Å². The number of aryl methyl sites for hydroxylation is 1. The van der Waals surface area contributed by atoms with E-state index < -0.39 is 12.1 Å². The van der Waals surface area contributed by atoms with E-state index in [0.29, 0.717) is 10.8 Å². The van der Waals surface area contributed by atoms with Gasteiger partial charge in [0.1, 0.15) is 5.75 Å². The van der Waals surface area contributed by atoms with Crippen molar-refractivity contribution < 1.29 is 19.1 Å². The smallest absolute Gasteiger partial charge is 0.344 e. The van der Waals surface area contributed by atoms with Gasteiger partial charge in [0, 0.05) is 17.8 Å². The number of halogens is 1. The standard InChI is InChI=1S/C19H20ClNO4/c1-13-11-16(9-10-17(13)20)24-12-18(22)25-14(2)19(23)21(3)15-7-5-4-6-8-15/h4-11,14H,12H2,1-3H3/t14-/m0/s1. The van der Waals surface area contributed by atoms with Crippen LogP contribution >= 0.6 is 11.6 Å². The van der Waals surface area contributed by atoms with Crippen molar-refractivity contribution in [1.29, 1.82) is 0 Å². The lowest BCUT2D eigenvalue weighted by molar-refractivity contribution is -0.155. The van der Waals surface area contributed by atoms with Crippen molar-refractivity contribution in [2.24, 2.45) is 0 Å². The average Bonchev–Trinajstić information content (AvgIpc) is 2.62. The number of rotatable bonds is 6. The zero-order valence-electron chi connectivity index (χ0n) is 14.4. The summed E-state index contributed by atoms with van der Waals surface area (Å²) in [4.78, 5) is 25.7. The van der Waals surface area contributed by atoms with Gasteiger partial charge in [-0.05, 0) is 49.7 Å². The first kappa shape index (κ1) is 18.8. The third-order valence-corrected chi connectivity index (χ3v) is 4.04. The summed E-state index contributed by atoms with van der Waals surface area (Å²) < 4.78 is 10.5. The van der Waals surface area contributed by atoms with Crippen LogP contribution in [0.5, 0.6) is 5.75 Å². The molecule has 2 aromatic rings. The number of likely N-dealkylation sites (N-methyl/N-ethyl adjacent to an activating group) is 1. The molecule has 0 heterocycles. The van der Waals surface area contributed by atoms with Crippen molar-refractivity contribution in [2.45, 2.75) is 20.0 Å². The van der Waals surface area contributed by atoms with Crippen LogP contribution in [-0.2, 0) is 14.3 Å². The van der Waals surface area contributed by atoms with Crippen LogP contribution in [0.15, 0.2) is 48.5 Å². The Morgan fingerprint density at radius 3 is 2.48 bits per heavy atom. The fourth-order valence-electron chi connectivity index (χ4n) is 2.18. The van der Waals surface area contributed by atoms with Crippen LogP contribution in [0.1, 0.15) is 12.5 Å². The molecular weight excluding hydrogens is 342 g/mol. The third kappa shape index (κ3) is 5.22. The van der Waals surface area contributed by atoms with Gasteiger partial charge in [0.05, 0.1) is 0 Å². The van der Waals surface area contributed by atoms with Gasteiger partial charge in [0.2, 0.25) is 0 Å². The van der Waals surface area contributed by atoms with Gasteiger partial charge in [-0.15, -0.1) is 0 Å². The first-order chi connectivity index (χ1) is 11.9. The van der Waals surface area contributed by atoms with E-state index in [1.54, 1.807) is 37.4 Å². The molecule has 0 spiro atoms. The van der Waals surface area contributed by atoms with Gasteiger partial charge in [0.25, 0.3) is 5.91 Å². The largest absolute Gasteiger partial charge is 0.482 e. The summed E-state index contributed by atoms with van der Waals surface area (Å²) in [6.07, 6.45) is -0.909. The van der Waals surface area contributed by atoms with E-state index in [2.05, 4.69) is 0 Å². The van der Waals surface area contributed by atoms with Gasteiger partial charge in [0.15, 0.2) is 12.7 Å². The highest BCUT2D eigenvalue weighted by Crippen LogP contribution is 2.21. The van der Waals surface area contributed by atoms with Crippen LogP contribution in [0.4, 0.5) is 5.69 Å². The molecule has 132 valence electrons. The monoisotopic (exact) mass is 361 g/mol. The highest BCUT2D eigenvalue weighted by Gasteiger charge is 2.22. The van der Waals surface area contributed by atoms with Crippen LogP contribution in [-0.4, -0.2) is 31.6 Å². The molecule has 5 nitrogen and oxygen atoms in total. The van der Waals surface area contributed by atoms with Crippen molar-refractivity contribution in [3.8, 4) is 5.75 Å². The van der Waals surface area contributed by atoms with Gasteiger partial charge >= 0.3 is 5.97 Å². The minimum atomic E-state index is -0.909. The minimum Gasteiger partial charge on any atom is -0.482 e. The predicted molar refractivity (Wildman–Crippen MR) is 97.1 cm³/mol. The SMILES string of the molecule is Cc1cc(OCC(=O)O[C@@H](C)C(=O)N(C)c2ccccc2)ccc1Cl. The maximum Gasteiger partial charge on any atom is 0.344 e. The minimum absolute atomic E-state index is 0.284. The van der Waals surface area contributed by atoms with E-state index in [1.807, 2.05) is 25.1 Å². The second-order valence-corrected chi connectivity index (χ2v) is 5.97. The molecule has 0 radical (unpaired) electrons. The molecule has 25 heavy (non-hydrogen) atoms. The van der Waals surface area contributed by atoms with E-state index in [0.717, 1.165) is 11.3 Å². The molecule has 6 heteroatoms. The number of amides is 1. The number of hydrogen-bond acceptors (Lipinski definition) is 4. The number of hydrogen-bond donors (Lipinski definition) is 0. The zero-order chi connectivity index (χ0) is 18.4. The summed E-state index contributed by atoms with van der Waals surface area (Å²) in [5.41, 5.74) is 1.57. The summed E-state index contributed by atoms with van der Waals surface area (Å²) in [6.45, 7) is 3.09. The highest BCUT2D eigenvalue weighted by atomic mass is 35.5. The Morgan fingerprint density at radius 1 is 1.16 bits per heavy atom. The molecule has 0 fully saturated rings. The van der Waals surface area contributed by atoms with Crippen molar-refractivity contribution in [2.75, 3.05) is 18.6 Å². The molecule has 1 atom stereocenters. The van der Waals surface area contributed by atoms with E-state index in [1.165, 1.54) is 11.8 Å². The second-order valence-electron chi connectivity index (χ2n) is 5.56. The molecule has 0 saturated carbocycles. The third-order valence-electron chi connectivity index (χ3n) is 3.62. The molecule has 0 aliphatic heterocycles. The molecule has 2 aromatic carbocycles. The van der Waals surface area contributed by atoms with Gasteiger partial charge in [-0.2, -0.15) is 0 Å². The summed E-state index contributed by atoms with van der Waals surface area (Å²) in [6, 6.07) is 14.2. The fourth-order valence-corrected chi connectivity index (χ4v) is 2.30. The van der Waals surface area contributed by atoms with Gasteiger partial charge in [-0.25, -0.2) is 4.79 Å². The van der Waals surface area contributed by atoms with Crippen molar-refractivity contribution in [3.05, 3.63) is 59.1 Å². The number of carbonyl (C=O) groups is 2. The fraction of sp³-hybridized carbons (Fsp3) is 0.263. The molecule has 1 amide bonds. The van der Waals surface area contributed by atoms with Crippen LogP contribution < -0.4 is 9.64 Å². The normalized spacial score (nSPS) is 11.5. The zero-order valence-corrected chi connectivity index (χ0v) is 15.1. The molecule has 0 aliphatic carbocycles. The molecular formula is C19H20ClNO4. The molecule has 0 aromatic heterocycles. The van der Waals surface area contributed by atoms with E-state index in [-0.39, 0.29) is 12.5 Å². The number of ether oxygens (including phenoxy) is 2. The van der Waals surface area contributed by atoms with Gasteiger partial charge < -0.3 is 14.4 Å². The number of carbonyl (C=O) groups excluding carboxylic acids is 2. The molecule has 2 rings (SSSR count). The summed E-state index contributed by atoms with van der Waals surface area (Å²) in [7, 11) is 1.63. The number of esters is 1. The van der Waals surface area contributed by atoms with Crippen molar-refractivity contribution >= 4 is 29.2 Å². The Balaban J connectivity index is 1.86. The lowest BCUT2D eigenvalue weighted by Gasteiger charge is -2.21.